The Labute approximate surface area is 84.8 Å². The van der Waals surface area contributed by atoms with Crippen molar-refractivity contribution < 1.29 is 4.79 Å². The molecule has 1 aromatic rings. The predicted octanol–water partition coefficient (Wildman–Crippen LogP) is 1.73. The molecule has 1 heterocycles. The van der Waals surface area contributed by atoms with Crippen LogP contribution in [0.3, 0.4) is 0 Å². The van der Waals surface area contributed by atoms with Crippen LogP contribution in [0.25, 0.3) is 6.08 Å². The average molecular weight is 241 g/mol. The Hall–Kier alpha value is -1.16. The van der Waals surface area contributed by atoms with Gasteiger partial charge in [0.05, 0.1) is 0 Å². The van der Waals surface area contributed by atoms with E-state index in [0.29, 0.717) is 0 Å². The topological polar surface area (TPSA) is 56.0 Å². The number of primary amides is 1. The number of nitrogens with two attached hydrogens (primary N) is 1. The SMILES string of the molecule is NC(=O)CC=Cc1ccc(Br)nc1. The molecular formula is C9H9BrN2O. The molecule has 13 heavy (non-hydrogen) atoms. The number of carbonyl (C=O) groups excluding carboxylic acids is 1. The third kappa shape index (κ3) is 3.85. The van der Waals surface area contributed by atoms with Crippen LogP contribution in [0.2, 0.25) is 0 Å². The number of aromatic nitrogens is 1. The van der Waals surface area contributed by atoms with Crippen molar-refractivity contribution in [2.75, 3.05) is 0 Å². The lowest BCUT2D eigenvalue weighted by Gasteiger charge is -1.92. The van der Waals surface area contributed by atoms with E-state index in [9.17, 15) is 4.79 Å². The van der Waals surface area contributed by atoms with E-state index >= 15 is 0 Å². The van der Waals surface area contributed by atoms with Crippen molar-refractivity contribution in [1.82, 2.24) is 4.98 Å². The van der Waals surface area contributed by atoms with Crippen LogP contribution < -0.4 is 5.73 Å². The molecule has 0 saturated heterocycles. The number of amides is 1. The molecular weight excluding hydrogens is 232 g/mol. The molecule has 4 heteroatoms. The highest BCUT2D eigenvalue weighted by molar-refractivity contribution is 9.10. The summed E-state index contributed by atoms with van der Waals surface area (Å²) in [6.45, 7) is 0. The van der Waals surface area contributed by atoms with E-state index in [-0.39, 0.29) is 12.3 Å². The van der Waals surface area contributed by atoms with Gasteiger partial charge < -0.3 is 5.73 Å². The monoisotopic (exact) mass is 240 g/mol. The van der Waals surface area contributed by atoms with Crippen LogP contribution in [0.1, 0.15) is 12.0 Å². The van der Waals surface area contributed by atoms with Gasteiger partial charge in [-0.05, 0) is 27.6 Å². The van der Waals surface area contributed by atoms with Gasteiger partial charge in [0.25, 0.3) is 0 Å². The Balaban J connectivity index is 2.59. The van der Waals surface area contributed by atoms with Crippen molar-refractivity contribution in [2.45, 2.75) is 6.42 Å². The Kier molecular flexibility index (Phi) is 3.64. The zero-order valence-corrected chi connectivity index (χ0v) is 8.49. The first-order valence-corrected chi connectivity index (χ1v) is 4.54. The number of halogens is 1. The number of pyridine rings is 1. The van der Waals surface area contributed by atoms with Gasteiger partial charge in [0.1, 0.15) is 4.60 Å². The Morgan fingerprint density at radius 2 is 2.38 bits per heavy atom. The third-order valence-electron chi connectivity index (χ3n) is 1.38. The number of rotatable bonds is 3. The zero-order valence-electron chi connectivity index (χ0n) is 6.90. The van der Waals surface area contributed by atoms with Crippen molar-refractivity contribution in [3.05, 3.63) is 34.6 Å². The summed E-state index contributed by atoms with van der Waals surface area (Å²) in [6, 6.07) is 3.73. The van der Waals surface area contributed by atoms with Crippen LogP contribution in [-0.2, 0) is 4.79 Å². The van der Waals surface area contributed by atoms with E-state index in [1.165, 1.54) is 0 Å². The van der Waals surface area contributed by atoms with Gasteiger partial charge in [-0.3, -0.25) is 4.79 Å². The summed E-state index contributed by atoms with van der Waals surface area (Å²) in [4.78, 5) is 14.4. The van der Waals surface area contributed by atoms with Crippen LogP contribution in [0.5, 0.6) is 0 Å². The van der Waals surface area contributed by atoms with E-state index in [0.717, 1.165) is 10.2 Å². The van der Waals surface area contributed by atoms with Crippen molar-refractivity contribution in [2.24, 2.45) is 5.73 Å². The molecule has 0 spiro atoms. The maximum Gasteiger partial charge on any atom is 0.221 e. The summed E-state index contributed by atoms with van der Waals surface area (Å²) in [6.07, 6.45) is 5.50. The molecule has 0 aliphatic carbocycles. The summed E-state index contributed by atoms with van der Waals surface area (Å²) in [5, 5.41) is 0. The lowest BCUT2D eigenvalue weighted by Crippen LogP contribution is -2.07. The number of nitrogens with zero attached hydrogens (tertiary/aromatic N) is 1. The molecule has 0 radical (unpaired) electrons. The molecule has 0 bridgehead atoms. The molecule has 3 nitrogen and oxygen atoms in total. The third-order valence-corrected chi connectivity index (χ3v) is 1.85. The van der Waals surface area contributed by atoms with Crippen molar-refractivity contribution in [1.29, 1.82) is 0 Å². The molecule has 0 saturated carbocycles. The van der Waals surface area contributed by atoms with Crippen LogP contribution in [0, 0.1) is 0 Å². The van der Waals surface area contributed by atoms with Crippen LogP contribution in [0.15, 0.2) is 29.0 Å². The van der Waals surface area contributed by atoms with Crippen LogP contribution in [-0.4, -0.2) is 10.9 Å². The van der Waals surface area contributed by atoms with E-state index < -0.39 is 0 Å². The van der Waals surface area contributed by atoms with Gasteiger partial charge >= 0.3 is 0 Å². The average Bonchev–Trinajstić information content (AvgIpc) is 2.08. The van der Waals surface area contributed by atoms with Gasteiger partial charge in [-0.2, -0.15) is 0 Å². The standard InChI is InChI=1S/C9H9BrN2O/c10-8-5-4-7(6-12-8)2-1-3-9(11)13/h1-2,4-6H,3H2,(H2,11,13). The molecule has 0 fully saturated rings. The van der Waals surface area contributed by atoms with E-state index in [1.54, 1.807) is 12.3 Å². The summed E-state index contributed by atoms with van der Waals surface area (Å²) in [5.74, 6) is -0.332. The molecule has 0 atom stereocenters. The van der Waals surface area contributed by atoms with Gasteiger partial charge in [-0.1, -0.05) is 18.2 Å². The zero-order chi connectivity index (χ0) is 9.68. The maximum atomic E-state index is 10.4. The summed E-state index contributed by atoms with van der Waals surface area (Å²) in [5.41, 5.74) is 5.92. The maximum absolute atomic E-state index is 10.4. The van der Waals surface area contributed by atoms with Gasteiger partial charge in [-0.15, -0.1) is 0 Å². The van der Waals surface area contributed by atoms with E-state index in [2.05, 4.69) is 20.9 Å². The lowest BCUT2D eigenvalue weighted by molar-refractivity contribution is -0.117. The summed E-state index contributed by atoms with van der Waals surface area (Å²) in [7, 11) is 0. The van der Waals surface area contributed by atoms with E-state index in [1.807, 2.05) is 18.2 Å². The fourth-order valence-electron chi connectivity index (χ4n) is 0.797. The number of hydrogen-bond donors (Lipinski definition) is 1. The predicted molar refractivity (Wildman–Crippen MR) is 54.8 cm³/mol. The minimum Gasteiger partial charge on any atom is -0.369 e. The molecule has 1 amide bonds. The molecule has 1 rings (SSSR count). The van der Waals surface area contributed by atoms with Gasteiger partial charge in [0.15, 0.2) is 0 Å². The number of carbonyl (C=O) groups is 1. The van der Waals surface area contributed by atoms with Gasteiger partial charge in [0.2, 0.25) is 5.91 Å². The fourth-order valence-corrected chi connectivity index (χ4v) is 1.03. The first-order chi connectivity index (χ1) is 6.18. The minimum atomic E-state index is -0.332. The molecule has 0 unspecified atom stereocenters. The normalized spacial score (nSPS) is 10.5. The van der Waals surface area contributed by atoms with Gasteiger partial charge in [-0.25, -0.2) is 4.98 Å². The molecule has 0 aliphatic heterocycles. The Morgan fingerprint density at radius 1 is 1.62 bits per heavy atom. The number of hydrogen-bond acceptors (Lipinski definition) is 2. The molecule has 2 N–H and O–H groups in total. The lowest BCUT2D eigenvalue weighted by atomic mass is 10.2. The summed E-state index contributed by atoms with van der Waals surface area (Å²) >= 11 is 3.23. The second kappa shape index (κ2) is 4.77. The van der Waals surface area contributed by atoms with E-state index in [4.69, 9.17) is 5.73 Å². The van der Waals surface area contributed by atoms with Gasteiger partial charge in [0, 0.05) is 12.6 Å². The Morgan fingerprint density at radius 3 is 2.92 bits per heavy atom. The summed E-state index contributed by atoms with van der Waals surface area (Å²) < 4.78 is 0.791. The van der Waals surface area contributed by atoms with Crippen molar-refractivity contribution >= 4 is 27.9 Å². The second-order valence-electron chi connectivity index (χ2n) is 2.49. The Bertz CT molecular complexity index is 319. The second-order valence-corrected chi connectivity index (χ2v) is 3.30. The fraction of sp³-hybridized carbons (Fsp3) is 0.111. The van der Waals surface area contributed by atoms with Crippen LogP contribution in [0.4, 0.5) is 0 Å². The smallest absolute Gasteiger partial charge is 0.221 e. The molecule has 0 aliphatic rings. The molecule has 0 aromatic carbocycles. The van der Waals surface area contributed by atoms with Crippen LogP contribution >= 0.6 is 15.9 Å². The van der Waals surface area contributed by atoms with Crippen molar-refractivity contribution in [3.8, 4) is 0 Å². The first-order valence-electron chi connectivity index (χ1n) is 3.75. The highest BCUT2D eigenvalue weighted by Crippen LogP contribution is 2.07. The molecule has 1 aromatic heterocycles. The largest absolute Gasteiger partial charge is 0.369 e. The highest BCUT2D eigenvalue weighted by atomic mass is 79.9. The highest BCUT2D eigenvalue weighted by Gasteiger charge is 1.89. The quantitative estimate of drug-likeness (QED) is 0.819. The first kappa shape index (κ1) is 9.92. The molecule has 68 valence electrons. The van der Waals surface area contributed by atoms with Crippen molar-refractivity contribution in [3.63, 3.8) is 0 Å². The minimum absolute atomic E-state index is 0.260.